The smallest absolute Gasteiger partial charge is 0.0433 e. The van der Waals surface area contributed by atoms with Gasteiger partial charge >= 0.3 is 0 Å². The van der Waals surface area contributed by atoms with Crippen molar-refractivity contribution in [2.45, 2.75) is 137 Å². The Morgan fingerprint density at radius 1 is 0.462 bits per heavy atom. The molecule has 0 rings (SSSR count). The van der Waals surface area contributed by atoms with Crippen LogP contribution < -0.4 is 0 Å². The summed E-state index contributed by atoms with van der Waals surface area (Å²) in [5, 5.41) is 8.93. The molecule has 0 amide bonds. The zero-order chi connectivity index (χ0) is 19.5. The maximum atomic E-state index is 8.93. The Bertz CT molecular complexity index is 263. The highest BCUT2D eigenvalue weighted by atomic mass is 16.3. The molecule has 0 aromatic rings. The van der Waals surface area contributed by atoms with Crippen molar-refractivity contribution in [3.05, 3.63) is 0 Å². The molecule has 0 heterocycles. The molecule has 158 valence electrons. The molecular weight excluding hydrogens is 316 g/mol. The van der Waals surface area contributed by atoms with Gasteiger partial charge < -0.3 is 5.11 Å². The lowest BCUT2D eigenvalue weighted by Gasteiger charge is -2.13. The van der Waals surface area contributed by atoms with E-state index in [2.05, 4.69) is 27.7 Å². The second kappa shape index (κ2) is 19.7. The Morgan fingerprint density at radius 2 is 0.769 bits per heavy atom. The summed E-state index contributed by atoms with van der Waals surface area (Å²) in [5.74, 6) is 2.57. The van der Waals surface area contributed by atoms with Crippen LogP contribution in [-0.4, -0.2) is 11.7 Å². The van der Waals surface area contributed by atoms with Crippen LogP contribution in [0.15, 0.2) is 0 Å². The van der Waals surface area contributed by atoms with E-state index in [1.807, 2.05) is 0 Å². The third kappa shape index (κ3) is 18.7. The first-order valence-electron chi connectivity index (χ1n) is 12.2. The van der Waals surface area contributed by atoms with Gasteiger partial charge in [-0.25, -0.2) is 0 Å². The molecule has 0 aliphatic heterocycles. The summed E-state index contributed by atoms with van der Waals surface area (Å²) in [6.45, 7) is 9.84. The summed E-state index contributed by atoms with van der Waals surface area (Å²) in [6, 6.07) is 0. The van der Waals surface area contributed by atoms with Gasteiger partial charge in [-0.1, -0.05) is 130 Å². The second-order valence-electron chi connectivity index (χ2n) is 9.31. The zero-order valence-electron chi connectivity index (χ0n) is 18.9. The molecule has 0 saturated carbocycles. The quantitative estimate of drug-likeness (QED) is 0.213. The monoisotopic (exact) mass is 368 g/mol. The van der Waals surface area contributed by atoms with Crippen LogP contribution in [0.25, 0.3) is 0 Å². The minimum Gasteiger partial charge on any atom is -0.396 e. The van der Waals surface area contributed by atoms with Crippen molar-refractivity contribution < 1.29 is 5.11 Å². The Labute approximate surface area is 166 Å². The highest BCUT2D eigenvalue weighted by Crippen LogP contribution is 2.21. The van der Waals surface area contributed by atoms with Gasteiger partial charge in [-0.15, -0.1) is 0 Å². The van der Waals surface area contributed by atoms with Crippen LogP contribution in [0.5, 0.6) is 0 Å². The number of hydrogen-bond acceptors (Lipinski definition) is 1. The molecule has 26 heavy (non-hydrogen) atoms. The highest BCUT2D eigenvalue weighted by molar-refractivity contribution is 4.59. The van der Waals surface area contributed by atoms with Crippen molar-refractivity contribution in [3.63, 3.8) is 0 Å². The van der Waals surface area contributed by atoms with Crippen molar-refractivity contribution in [3.8, 4) is 0 Å². The van der Waals surface area contributed by atoms with Gasteiger partial charge in [-0.05, 0) is 24.2 Å². The summed E-state index contributed by atoms with van der Waals surface area (Å²) >= 11 is 0. The van der Waals surface area contributed by atoms with Crippen molar-refractivity contribution >= 4 is 0 Å². The first kappa shape index (κ1) is 26.0. The second-order valence-corrected chi connectivity index (χ2v) is 9.31. The minimum atomic E-state index is 0.357. The van der Waals surface area contributed by atoms with E-state index in [1.165, 1.54) is 103 Å². The molecule has 3 atom stereocenters. The summed E-state index contributed by atoms with van der Waals surface area (Å²) in [7, 11) is 0. The van der Waals surface area contributed by atoms with E-state index in [0.717, 1.165) is 18.3 Å². The number of hydrogen-bond donors (Lipinski definition) is 1. The van der Waals surface area contributed by atoms with Gasteiger partial charge in [0.05, 0.1) is 0 Å². The predicted molar refractivity (Wildman–Crippen MR) is 119 cm³/mol. The first-order chi connectivity index (χ1) is 12.6. The van der Waals surface area contributed by atoms with Crippen molar-refractivity contribution in [2.24, 2.45) is 17.8 Å². The van der Waals surface area contributed by atoms with Crippen LogP contribution in [0.2, 0.25) is 0 Å². The maximum Gasteiger partial charge on any atom is 0.0433 e. The molecule has 0 fully saturated rings. The fourth-order valence-electron chi connectivity index (χ4n) is 4.07. The van der Waals surface area contributed by atoms with Crippen molar-refractivity contribution in [1.29, 1.82) is 0 Å². The highest BCUT2D eigenvalue weighted by Gasteiger charge is 2.05. The number of aliphatic hydroxyl groups excluding tert-OH is 1. The van der Waals surface area contributed by atoms with Gasteiger partial charge in [0.25, 0.3) is 0 Å². The third-order valence-electron chi connectivity index (χ3n) is 6.21. The normalized spacial score (nSPS) is 15.1. The third-order valence-corrected chi connectivity index (χ3v) is 6.21. The van der Waals surface area contributed by atoms with E-state index in [9.17, 15) is 0 Å². The summed E-state index contributed by atoms with van der Waals surface area (Å²) in [4.78, 5) is 0. The maximum absolute atomic E-state index is 8.93. The van der Waals surface area contributed by atoms with Gasteiger partial charge in [0.2, 0.25) is 0 Å². The number of rotatable bonds is 20. The topological polar surface area (TPSA) is 20.2 Å². The van der Waals surface area contributed by atoms with Crippen LogP contribution in [0, 0.1) is 17.8 Å². The number of unbranched alkanes of at least 4 members (excludes halogenated alkanes) is 8. The van der Waals surface area contributed by atoms with E-state index in [4.69, 9.17) is 5.11 Å². The van der Waals surface area contributed by atoms with Crippen molar-refractivity contribution in [2.75, 3.05) is 6.61 Å². The zero-order valence-corrected chi connectivity index (χ0v) is 18.9. The molecule has 1 nitrogen and oxygen atoms in total. The minimum absolute atomic E-state index is 0.357. The van der Waals surface area contributed by atoms with Gasteiger partial charge in [0, 0.05) is 6.61 Å². The van der Waals surface area contributed by atoms with Gasteiger partial charge in [-0.2, -0.15) is 0 Å². The molecule has 0 aromatic heterocycles. The lowest BCUT2D eigenvalue weighted by molar-refractivity contribution is 0.256. The average Bonchev–Trinajstić information content (AvgIpc) is 2.61. The standard InChI is InChI=1S/C25H52O/c1-5-6-7-8-11-16-23(2)17-12-9-13-18-24(3)19-14-10-15-20-25(4)21-22-26/h23-26H,5-22H2,1-4H3. The van der Waals surface area contributed by atoms with Gasteiger partial charge in [0.1, 0.15) is 0 Å². The van der Waals surface area contributed by atoms with E-state index in [1.54, 1.807) is 0 Å². The lowest BCUT2D eigenvalue weighted by Crippen LogP contribution is -1.99. The summed E-state index contributed by atoms with van der Waals surface area (Å²) in [5.41, 5.74) is 0. The first-order valence-corrected chi connectivity index (χ1v) is 12.2. The number of aliphatic hydroxyl groups is 1. The van der Waals surface area contributed by atoms with Crippen LogP contribution >= 0.6 is 0 Å². The van der Waals surface area contributed by atoms with E-state index in [0.29, 0.717) is 12.5 Å². The fourth-order valence-corrected chi connectivity index (χ4v) is 4.07. The predicted octanol–water partition coefficient (Wildman–Crippen LogP) is 8.54. The van der Waals surface area contributed by atoms with E-state index in [-0.39, 0.29) is 0 Å². The Kier molecular flexibility index (Phi) is 19.7. The molecular formula is C25H52O. The molecule has 0 aliphatic rings. The summed E-state index contributed by atoms with van der Waals surface area (Å²) < 4.78 is 0. The van der Waals surface area contributed by atoms with E-state index >= 15 is 0 Å². The van der Waals surface area contributed by atoms with Crippen LogP contribution in [0.3, 0.4) is 0 Å². The van der Waals surface area contributed by atoms with Crippen molar-refractivity contribution in [1.82, 2.24) is 0 Å². The van der Waals surface area contributed by atoms with Crippen LogP contribution in [-0.2, 0) is 0 Å². The Morgan fingerprint density at radius 3 is 1.12 bits per heavy atom. The molecule has 0 saturated heterocycles. The largest absolute Gasteiger partial charge is 0.396 e. The molecule has 0 aliphatic carbocycles. The van der Waals surface area contributed by atoms with E-state index < -0.39 is 0 Å². The SMILES string of the molecule is CCCCCCCC(C)CCCCCC(C)CCCCCC(C)CCO. The van der Waals surface area contributed by atoms with Crippen LogP contribution in [0.4, 0.5) is 0 Å². The molecule has 1 heteroatoms. The lowest BCUT2D eigenvalue weighted by atomic mass is 9.93. The van der Waals surface area contributed by atoms with Gasteiger partial charge in [-0.3, -0.25) is 0 Å². The Balaban J connectivity index is 3.33. The molecule has 0 aromatic carbocycles. The van der Waals surface area contributed by atoms with Gasteiger partial charge in [0.15, 0.2) is 0 Å². The molecule has 1 N–H and O–H groups in total. The summed E-state index contributed by atoms with van der Waals surface area (Å²) in [6.07, 6.45) is 23.7. The molecule has 0 bridgehead atoms. The fraction of sp³-hybridized carbons (Fsp3) is 1.00. The Hall–Kier alpha value is -0.0400. The average molecular weight is 369 g/mol. The van der Waals surface area contributed by atoms with Crippen LogP contribution in [0.1, 0.15) is 137 Å². The molecule has 3 unspecified atom stereocenters. The molecule has 0 spiro atoms. The molecule has 0 radical (unpaired) electrons.